The van der Waals surface area contributed by atoms with Crippen molar-refractivity contribution in [1.29, 1.82) is 0 Å². The number of hydrogen-bond acceptors (Lipinski definition) is 4. The van der Waals surface area contributed by atoms with Gasteiger partial charge in [-0.1, -0.05) is 24.4 Å². The molecule has 2 aromatic rings. The second-order valence-electron chi connectivity index (χ2n) is 4.33. The predicted octanol–water partition coefficient (Wildman–Crippen LogP) is 2.00. The number of anilines is 1. The number of ether oxygens (including phenoxy) is 1. The van der Waals surface area contributed by atoms with Crippen molar-refractivity contribution >= 4 is 28.8 Å². The lowest BCUT2D eigenvalue weighted by Crippen LogP contribution is -2.27. The number of carbonyl (C=O) groups is 1. The Morgan fingerprint density at radius 2 is 2.00 bits per heavy atom. The van der Waals surface area contributed by atoms with Gasteiger partial charge in [-0.05, 0) is 24.3 Å². The molecule has 0 saturated heterocycles. The molecule has 0 aliphatic carbocycles. The summed E-state index contributed by atoms with van der Waals surface area (Å²) in [4.78, 5) is 18.3. The van der Waals surface area contributed by atoms with E-state index >= 15 is 0 Å². The number of rotatable bonds is 4. The SMILES string of the molecule is COc1ccccc1N(C)C(=O)c1ccc(C(N)=S)cn1. The maximum Gasteiger partial charge on any atom is 0.276 e. The van der Waals surface area contributed by atoms with Crippen molar-refractivity contribution in [3.63, 3.8) is 0 Å². The van der Waals surface area contributed by atoms with Crippen molar-refractivity contribution < 1.29 is 9.53 Å². The Morgan fingerprint density at radius 1 is 1.29 bits per heavy atom. The van der Waals surface area contributed by atoms with E-state index in [1.165, 1.54) is 11.1 Å². The van der Waals surface area contributed by atoms with Gasteiger partial charge in [0.15, 0.2) is 0 Å². The average Bonchev–Trinajstić information content (AvgIpc) is 2.53. The van der Waals surface area contributed by atoms with E-state index in [0.717, 1.165) is 0 Å². The van der Waals surface area contributed by atoms with Crippen LogP contribution in [0.1, 0.15) is 16.1 Å². The largest absolute Gasteiger partial charge is 0.495 e. The van der Waals surface area contributed by atoms with Gasteiger partial charge in [0, 0.05) is 18.8 Å². The normalized spacial score (nSPS) is 10.0. The third kappa shape index (κ3) is 3.17. The first-order valence-electron chi connectivity index (χ1n) is 6.21. The number of pyridine rings is 1. The van der Waals surface area contributed by atoms with E-state index in [0.29, 0.717) is 22.7 Å². The molecule has 0 atom stereocenters. The van der Waals surface area contributed by atoms with Crippen molar-refractivity contribution in [1.82, 2.24) is 4.98 Å². The summed E-state index contributed by atoms with van der Waals surface area (Å²) in [5, 5.41) is 0. The highest BCUT2D eigenvalue weighted by Gasteiger charge is 2.17. The van der Waals surface area contributed by atoms with Crippen LogP contribution in [0.2, 0.25) is 0 Å². The number of thiocarbonyl (C=S) groups is 1. The van der Waals surface area contributed by atoms with Crippen molar-refractivity contribution in [2.45, 2.75) is 0 Å². The fraction of sp³-hybridized carbons (Fsp3) is 0.133. The molecule has 0 spiro atoms. The van der Waals surface area contributed by atoms with E-state index in [1.807, 2.05) is 12.1 Å². The molecule has 1 aromatic carbocycles. The molecule has 108 valence electrons. The zero-order chi connectivity index (χ0) is 15.4. The molecular formula is C15H15N3O2S. The molecule has 1 aromatic heterocycles. The molecule has 0 unspecified atom stereocenters. The van der Waals surface area contributed by atoms with E-state index in [4.69, 9.17) is 22.7 Å². The number of benzene rings is 1. The number of amides is 1. The molecule has 0 aliphatic heterocycles. The first-order valence-corrected chi connectivity index (χ1v) is 6.62. The molecule has 21 heavy (non-hydrogen) atoms. The third-order valence-corrected chi connectivity index (χ3v) is 3.25. The van der Waals surface area contributed by atoms with Gasteiger partial charge in [0.05, 0.1) is 12.8 Å². The lowest BCUT2D eigenvalue weighted by atomic mass is 10.2. The standard InChI is InChI=1S/C15H15N3O2S/c1-18(12-5-3-4-6-13(12)20-2)15(19)11-8-7-10(9-17-11)14(16)21/h3-9H,1-2H3,(H2,16,21). The van der Waals surface area contributed by atoms with Crippen LogP contribution in [0.4, 0.5) is 5.69 Å². The molecule has 6 heteroatoms. The first kappa shape index (κ1) is 14.9. The second kappa shape index (κ2) is 6.32. The molecule has 0 fully saturated rings. The van der Waals surface area contributed by atoms with Gasteiger partial charge in [-0.2, -0.15) is 0 Å². The number of carbonyl (C=O) groups excluding carboxylic acids is 1. The van der Waals surface area contributed by atoms with Crippen LogP contribution in [-0.2, 0) is 0 Å². The van der Waals surface area contributed by atoms with Gasteiger partial charge in [-0.15, -0.1) is 0 Å². The minimum Gasteiger partial charge on any atom is -0.495 e. The molecule has 0 radical (unpaired) electrons. The summed E-state index contributed by atoms with van der Waals surface area (Å²) in [5.74, 6) is 0.377. The highest BCUT2D eigenvalue weighted by molar-refractivity contribution is 7.80. The monoisotopic (exact) mass is 301 g/mol. The lowest BCUT2D eigenvalue weighted by Gasteiger charge is -2.19. The first-order chi connectivity index (χ1) is 10.0. The van der Waals surface area contributed by atoms with Crippen LogP contribution in [0.15, 0.2) is 42.6 Å². The molecule has 2 N–H and O–H groups in total. The van der Waals surface area contributed by atoms with Crippen molar-refractivity contribution in [3.05, 3.63) is 53.9 Å². The number of nitrogens with zero attached hydrogens (tertiary/aromatic N) is 2. The Kier molecular flexibility index (Phi) is 4.49. The van der Waals surface area contributed by atoms with Crippen LogP contribution in [0.3, 0.4) is 0 Å². The van der Waals surface area contributed by atoms with Gasteiger partial charge in [-0.3, -0.25) is 9.78 Å². The maximum absolute atomic E-state index is 12.4. The Hall–Kier alpha value is -2.47. The topological polar surface area (TPSA) is 68.5 Å². The Bertz CT molecular complexity index is 671. The van der Waals surface area contributed by atoms with Gasteiger partial charge in [-0.25, -0.2) is 0 Å². The van der Waals surface area contributed by atoms with Crippen molar-refractivity contribution in [2.24, 2.45) is 5.73 Å². The number of aromatic nitrogens is 1. The smallest absolute Gasteiger partial charge is 0.276 e. The molecule has 0 aliphatic rings. The average molecular weight is 301 g/mol. The lowest BCUT2D eigenvalue weighted by molar-refractivity contribution is 0.0987. The predicted molar refractivity (Wildman–Crippen MR) is 85.9 cm³/mol. The van der Waals surface area contributed by atoms with Gasteiger partial charge in [0.2, 0.25) is 0 Å². The third-order valence-electron chi connectivity index (χ3n) is 3.02. The number of methoxy groups -OCH3 is 1. The number of para-hydroxylation sites is 2. The highest BCUT2D eigenvalue weighted by Crippen LogP contribution is 2.27. The van der Waals surface area contributed by atoms with Gasteiger partial charge < -0.3 is 15.4 Å². The van der Waals surface area contributed by atoms with E-state index in [2.05, 4.69) is 4.98 Å². The Labute approximate surface area is 128 Å². The Morgan fingerprint density at radius 3 is 2.57 bits per heavy atom. The fourth-order valence-electron chi connectivity index (χ4n) is 1.85. The van der Waals surface area contributed by atoms with Crippen LogP contribution in [0.5, 0.6) is 5.75 Å². The second-order valence-corrected chi connectivity index (χ2v) is 4.77. The van der Waals surface area contributed by atoms with Crippen molar-refractivity contribution in [3.8, 4) is 5.75 Å². The van der Waals surface area contributed by atoms with Crippen LogP contribution in [0, 0.1) is 0 Å². The summed E-state index contributed by atoms with van der Waals surface area (Å²) in [6.07, 6.45) is 1.49. The number of hydrogen-bond donors (Lipinski definition) is 1. The fourth-order valence-corrected chi connectivity index (χ4v) is 1.97. The molecule has 2 rings (SSSR count). The molecule has 1 amide bonds. The summed E-state index contributed by atoms with van der Waals surface area (Å²) in [6, 6.07) is 10.6. The zero-order valence-electron chi connectivity index (χ0n) is 11.7. The summed E-state index contributed by atoms with van der Waals surface area (Å²) in [5.41, 5.74) is 7.11. The van der Waals surface area contributed by atoms with Crippen LogP contribution in [0.25, 0.3) is 0 Å². The van der Waals surface area contributed by atoms with E-state index in [1.54, 1.807) is 38.4 Å². The van der Waals surface area contributed by atoms with Gasteiger partial charge in [0.25, 0.3) is 5.91 Å². The zero-order valence-corrected chi connectivity index (χ0v) is 12.6. The molecular weight excluding hydrogens is 286 g/mol. The number of nitrogens with two attached hydrogens (primary N) is 1. The minimum atomic E-state index is -0.242. The van der Waals surface area contributed by atoms with Crippen LogP contribution >= 0.6 is 12.2 Å². The van der Waals surface area contributed by atoms with Gasteiger partial charge in [0.1, 0.15) is 16.4 Å². The van der Waals surface area contributed by atoms with E-state index in [-0.39, 0.29) is 10.9 Å². The quantitative estimate of drug-likeness (QED) is 0.875. The summed E-state index contributed by atoms with van der Waals surface area (Å²) < 4.78 is 5.26. The van der Waals surface area contributed by atoms with E-state index < -0.39 is 0 Å². The van der Waals surface area contributed by atoms with Crippen LogP contribution in [-0.4, -0.2) is 30.0 Å². The highest BCUT2D eigenvalue weighted by atomic mass is 32.1. The molecule has 0 bridgehead atoms. The van der Waals surface area contributed by atoms with Crippen molar-refractivity contribution in [2.75, 3.05) is 19.1 Å². The maximum atomic E-state index is 12.4. The Balaban J connectivity index is 2.28. The summed E-state index contributed by atoms with van der Waals surface area (Å²) in [6.45, 7) is 0. The molecule has 1 heterocycles. The van der Waals surface area contributed by atoms with Gasteiger partial charge >= 0.3 is 0 Å². The summed E-state index contributed by atoms with van der Waals surface area (Å²) >= 11 is 4.86. The summed E-state index contributed by atoms with van der Waals surface area (Å²) in [7, 11) is 3.23. The van der Waals surface area contributed by atoms with E-state index in [9.17, 15) is 4.79 Å². The molecule has 0 saturated carbocycles. The molecule has 5 nitrogen and oxygen atoms in total. The minimum absolute atomic E-state index is 0.242. The van der Waals surface area contributed by atoms with Crippen LogP contribution < -0.4 is 15.4 Å².